The Morgan fingerprint density at radius 2 is 0.891 bits per heavy atom. The lowest BCUT2D eigenvalue weighted by Gasteiger charge is -2.32. The minimum atomic E-state index is -0.130. The molecule has 1 amide bonds. The zero-order valence-corrected chi connectivity index (χ0v) is 37.8. The highest BCUT2D eigenvalue weighted by Gasteiger charge is 2.25. The number of carbonyl (C=O) groups is 3. The van der Waals surface area contributed by atoms with Crippen LogP contribution in [0.4, 0.5) is 4.79 Å². The number of nitrogens with zero attached hydrogens (tertiary/aromatic N) is 2. The van der Waals surface area contributed by atoms with E-state index >= 15 is 0 Å². The minimum absolute atomic E-state index is 0.00476. The molecule has 1 aliphatic rings. The first-order chi connectivity index (χ1) is 26.9. The van der Waals surface area contributed by atoms with E-state index in [1.165, 1.54) is 114 Å². The summed E-state index contributed by atoms with van der Waals surface area (Å²) in [6, 6.07) is 0. The summed E-state index contributed by atoms with van der Waals surface area (Å²) in [7, 11) is 0. The van der Waals surface area contributed by atoms with Crippen LogP contribution in [0.3, 0.4) is 0 Å². The van der Waals surface area contributed by atoms with Crippen LogP contribution in [0, 0.1) is 0 Å². The molecule has 0 aromatic rings. The molecule has 0 N–H and O–H groups in total. The highest BCUT2D eigenvalue weighted by molar-refractivity contribution is 8.14. The Kier molecular flexibility index (Phi) is 34.8. The second-order valence-corrected chi connectivity index (χ2v) is 17.9. The minimum Gasteiger partial charge on any atom is -0.462 e. The lowest BCUT2D eigenvalue weighted by atomic mass is 10.0. The molecular formula is C47H90N2O5S. The number of hydrogen-bond donors (Lipinski definition) is 0. The molecule has 0 aromatic heterocycles. The molecule has 1 saturated heterocycles. The smallest absolute Gasteiger partial charge is 0.306 e. The van der Waals surface area contributed by atoms with Crippen LogP contribution in [0.5, 0.6) is 0 Å². The van der Waals surface area contributed by atoms with Crippen LogP contribution in [0.25, 0.3) is 0 Å². The van der Waals surface area contributed by atoms with E-state index in [-0.39, 0.29) is 29.4 Å². The predicted octanol–water partition coefficient (Wildman–Crippen LogP) is 13.8. The van der Waals surface area contributed by atoms with Crippen molar-refractivity contribution in [2.45, 2.75) is 251 Å². The van der Waals surface area contributed by atoms with Gasteiger partial charge in [-0.3, -0.25) is 14.4 Å². The highest BCUT2D eigenvalue weighted by Crippen LogP contribution is 2.27. The lowest BCUT2D eigenvalue weighted by molar-refractivity contribution is -0.150. The molecule has 8 heteroatoms. The van der Waals surface area contributed by atoms with Gasteiger partial charge in [-0.25, -0.2) is 0 Å². The second-order valence-electron chi connectivity index (χ2n) is 16.7. The van der Waals surface area contributed by atoms with Crippen LogP contribution in [-0.4, -0.2) is 77.2 Å². The number of thioether (sulfide) groups is 1. The Morgan fingerprint density at radius 3 is 1.24 bits per heavy atom. The molecule has 1 rings (SSSR count). The van der Waals surface area contributed by atoms with Crippen molar-refractivity contribution in [2.75, 3.05) is 32.7 Å². The topological polar surface area (TPSA) is 76.1 Å². The van der Waals surface area contributed by atoms with Gasteiger partial charge in [-0.1, -0.05) is 149 Å². The normalized spacial score (nSPS) is 13.9. The lowest BCUT2D eigenvalue weighted by Crippen LogP contribution is -2.37. The van der Waals surface area contributed by atoms with Crippen molar-refractivity contribution in [1.82, 2.24) is 9.80 Å². The Balaban J connectivity index is 2.75. The van der Waals surface area contributed by atoms with E-state index in [0.29, 0.717) is 44.0 Å². The molecule has 0 aromatic carbocycles. The fourth-order valence-electron chi connectivity index (χ4n) is 7.82. The van der Waals surface area contributed by atoms with Crippen LogP contribution in [0.2, 0.25) is 0 Å². The van der Waals surface area contributed by atoms with Gasteiger partial charge in [0, 0.05) is 31.2 Å². The van der Waals surface area contributed by atoms with E-state index in [4.69, 9.17) is 9.47 Å². The van der Waals surface area contributed by atoms with Gasteiger partial charge < -0.3 is 19.3 Å². The van der Waals surface area contributed by atoms with Crippen LogP contribution >= 0.6 is 11.8 Å². The van der Waals surface area contributed by atoms with E-state index in [0.717, 1.165) is 90.3 Å². The highest BCUT2D eigenvalue weighted by atomic mass is 32.2. The van der Waals surface area contributed by atoms with Crippen LogP contribution < -0.4 is 0 Å². The van der Waals surface area contributed by atoms with Crippen molar-refractivity contribution in [3.63, 3.8) is 0 Å². The molecular weight excluding hydrogens is 705 g/mol. The summed E-state index contributed by atoms with van der Waals surface area (Å²) in [4.78, 5) is 44.4. The SMILES string of the molecule is CCCCCCCC(CCCCCCC)OC(=O)CCCN(CCCC(=O)OC(CCCCCCC)CCCCCCC)C(=O)SC1CCN(CCC)CC1. The van der Waals surface area contributed by atoms with Crippen molar-refractivity contribution >= 4 is 28.9 Å². The van der Waals surface area contributed by atoms with Crippen molar-refractivity contribution in [2.24, 2.45) is 0 Å². The molecule has 1 aliphatic heterocycles. The predicted molar refractivity (Wildman–Crippen MR) is 236 cm³/mol. The summed E-state index contributed by atoms with van der Waals surface area (Å²) in [6.45, 7) is 15.4. The van der Waals surface area contributed by atoms with Gasteiger partial charge >= 0.3 is 11.9 Å². The van der Waals surface area contributed by atoms with Crippen LogP contribution in [-0.2, 0) is 19.1 Å². The van der Waals surface area contributed by atoms with E-state index in [1.807, 2.05) is 4.90 Å². The summed E-state index contributed by atoms with van der Waals surface area (Å²) in [5.41, 5.74) is 0. The number of esters is 2. The quantitative estimate of drug-likeness (QED) is 0.0458. The van der Waals surface area contributed by atoms with Crippen LogP contribution in [0.1, 0.15) is 234 Å². The van der Waals surface area contributed by atoms with E-state index < -0.39 is 0 Å². The average molecular weight is 795 g/mol. The summed E-state index contributed by atoms with van der Waals surface area (Å²) < 4.78 is 12.2. The van der Waals surface area contributed by atoms with E-state index in [1.54, 1.807) is 0 Å². The number of ether oxygens (including phenoxy) is 2. The molecule has 0 aliphatic carbocycles. The average Bonchev–Trinajstić information content (AvgIpc) is 3.17. The third-order valence-electron chi connectivity index (χ3n) is 11.3. The van der Waals surface area contributed by atoms with Gasteiger partial charge in [-0.2, -0.15) is 0 Å². The van der Waals surface area contributed by atoms with Crippen molar-refractivity contribution < 1.29 is 23.9 Å². The Labute approximate surface area is 345 Å². The number of carbonyl (C=O) groups excluding carboxylic acids is 3. The molecule has 55 heavy (non-hydrogen) atoms. The van der Waals surface area contributed by atoms with Gasteiger partial charge in [0.05, 0.1) is 0 Å². The number of likely N-dealkylation sites (tertiary alicyclic amines) is 1. The van der Waals surface area contributed by atoms with Crippen molar-refractivity contribution in [3.8, 4) is 0 Å². The molecule has 0 saturated carbocycles. The third kappa shape index (κ3) is 29.6. The molecule has 0 unspecified atom stereocenters. The molecule has 1 fully saturated rings. The van der Waals surface area contributed by atoms with Gasteiger partial charge in [0.1, 0.15) is 12.2 Å². The molecule has 324 valence electrons. The monoisotopic (exact) mass is 795 g/mol. The van der Waals surface area contributed by atoms with Crippen molar-refractivity contribution in [3.05, 3.63) is 0 Å². The first-order valence-corrected chi connectivity index (χ1v) is 24.8. The molecule has 0 bridgehead atoms. The maximum Gasteiger partial charge on any atom is 0.306 e. The van der Waals surface area contributed by atoms with E-state index in [9.17, 15) is 14.4 Å². The molecule has 7 nitrogen and oxygen atoms in total. The summed E-state index contributed by atoms with van der Waals surface area (Å²) in [5, 5.41) is 0.411. The zero-order chi connectivity index (χ0) is 40.2. The van der Waals surface area contributed by atoms with Crippen LogP contribution in [0.15, 0.2) is 0 Å². The Hall–Kier alpha value is -1.28. The Morgan fingerprint density at radius 1 is 0.527 bits per heavy atom. The van der Waals surface area contributed by atoms with Gasteiger partial charge in [0.15, 0.2) is 0 Å². The first-order valence-electron chi connectivity index (χ1n) is 23.9. The molecule has 0 radical (unpaired) electrons. The standard InChI is InChI=1S/C47H90N2O5S/c1-6-11-15-19-23-29-42(30-24-20-16-12-7-2)53-45(50)33-27-38-49(47(52)55-44-35-40-48(37-10-5)41-36-44)39-28-34-46(51)54-43(31-25-21-17-13-8-3)32-26-22-18-14-9-4/h42-44H,6-41H2,1-5H3. The molecule has 0 atom stereocenters. The number of piperidine rings is 1. The van der Waals surface area contributed by atoms with Gasteiger partial charge in [0.25, 0.3) is 5.24 Å². The maximum atomic E-state index is 13.7. The van der Waals surface area contributed by atoms with Gasteiger partial charge in [-0.15, -0.1) is 0 Å². The van der Waals surface area contributed by atoms with Crippen molar-refractivity contribution in [1.29, 1.82) is 0 Å². The Bertz CT molecular complexity index is 832. The number of amides is 1. The largest absolute Gasteiger partial charge is 0.462 e. The summed E-state index contributed by atoms with van der Waals surface area (Å²) >= 11 is 1.47. The third-order valence-corrected chi connectivity index (χ3v) is 12.6. The second kappa shape index (κ2) is 37.0. The number of hydrogen-bond acceptors (Lipinski definition) is 7. The number of rotatable bonds is 37. The summed E-state index contributed by atoms with van der Waals surface area (Å²) in [6.07, 6.45) is 33.2. The van der Waals surface area contributed by atoms with Gasteiger partial charge in [0.2, 0.25) is 0 Å². The fraction of sp³-hybridized carbons (Fsp3) is 0.936. The van der Waals surface area contributed by atoms with Gasteiger partial charge in [-0.05, 0) is 103 Å². The maximum absolute atomic E-state index is 13.7. The van der Waals surface area contributed by atoms with E-state index in [2.05, 4.69) is 39.5 Å². The summed E-state index contributed by atoms with van der Waals surface area (Å²) in [5.74, 6) is -0.260. The molecule has 1 heterocycles. The first kappa shape index (κ1) is 51.7. The zero-order valence-electron chi connectivity index (χ0n) is 37.0. The fourth-order valence-corrected chi connectivity index (χ4v) is 8.89. The molecule has 0 spiro atoms. The number of unbranched alkanes of at least 4 members (excludes halogenated alkanes) is 16.